The first-order valence-electron chi connectivity index (χ1n) is 23.5. The number of esters is 1. The van der Waals surface area contributed by atoms with Crippen molar-refractivity contribution in [2.24, 2.45) is 5.41 Å². The largest absolute Gasteiger partial charge is 0.465 e. The predicted molar refractivity (Wildman–Crippen MR) is 255 cm³/mol. The van der Waals surface area contributed by atoms with Crippen molar-refractivity contribution in [3.8, 4) is 22.4 Å². The summed E-state index contributed by atoms with van der Waals surface area (Å²) in [6.45, 7) is 20.9. The molecule has 3 saturated heterocycles. The Bertz CT molecular complexity index is 2450. The standard InChI is InChI=1S/C50H68N8O9/c1-10-56-43-17-16-36(35-14-11-13-34(23-35)24-42(52-48(62)67-49(4,5)6)47(61)57-18-12-15-44(53-57)58(63)64-9)25-39(43)41(27-50(7,8)31-66-33(3)60)46(56)40-26-37(28-51-45(40)32(2)59)55-20-19-54-21-22-65-30-38(54)29-55/h11,13-14,16-17,23,25-26,28,32,38,42,44,53,59H,10,12,15,18-22,24,27,29-31H2,1-9H3/p+1/t32-,38-,42-,44+/m0/s1. The number of fused-ring (bicyclic) bond motifs is 2. The Hall–Kier alpha value is -5.62. The molecule has 3 N–H and O–H groups in total. The maximum Gasteiger partial charge on any atom is 0.408 e. The van der Waals surface area contributed by atoms with Gasteiger partial charge in [0.05, 0.1) is 60.1 Å². The van der Waals surface area contributed by atoms with Gasteiger partial charge >= 0.3 is 18.2 Å². The number of aryl methyl sites for hydroxylation is 1. The lowest BCUT2D eigenvalue weighted by Gasteiger charge is -2.44. The molecule has 0 bridgehead atoms. The highest BCUT2D eigenvalue weighted by atomic mass is 16.8. The van der Waals surface area contributed by atoms with Gasteiger partial charge in [-0.2, -0.15) is 5.43 Å². The van der Waals surface area contributed by atoms with Crippen molar-refractivity contribution in [3.63, 3.8) is 0 Å². The number of hydrazine groups is 1. The van der Waals surface area contributed by atoms with Gasteiger partial charge in [-0.15, -0.1) is 0 Å². The van der Waals surface area contributed by atoms with Gasteiger partial charge in [-0.25, -0.2) is 9.63 Å². The molecule has 7 rings (SSSR count). The number of benzene rings is 2. The van der Waals surface area contributed by atoms with E-state index in [1.54, 1.807) is 27.7 Å². The summed E-state index contributed by atoms with van der Waals surface area (Å²) in [5.41, 5.74) is 9.75. The van der Waals surface area contributed by atoms with E-state index < -0.39 is 41.3 Å². The van der Waals surface area contributed by atoms with Crippen LogP contribution < -0.4 is 15.6 Å². The van der Waals surface area contributed by atoms with Crippen molar-refractivity contribution >= 4 is 34.6 Å². The number of ether oxygens (including phenoxy) is 3. The number of aromatic nitrogens is 2. The molecule has 5 heterocycles. The van der Waals surface area contributed by atoms with Crippen molar-refractivity contribution in [2.45, 2.75) is 118 Å². The molecule has 0 spiro atoms. The molecule has 362 valence electrons. The highest BCUT2D eigenvalue weighted by Gasteiger charge is 2.38. The monoisotopic (exact) mass is 926 g/mol. The highest BCUT2D eigenvalue weighted by Crippen LogP contribution is 2.43. The molecule has 67 heavy (non-hydrogen) atoms. The minimum atomic E-state index is -1.03. The summed E-state index contributed by atoms with van der Waals surface area (Å²) in [5.74, 6) is -0.758. The van der Waals surface area contributed by atoms with Crippen molar-refractivity contribution in [1.82, 2.24) is 30.2 Å². The van der Waals surface area contributed by atoms with E-state index in [-0.39, 0.29) is 19.0 Å². The Morgan fingerprint density at radius 1 is 1.04 bits per heavy atom. The molecule has 0 unspecified atom stereocenters. The van der Waals surface area contributed by atoms with E-state index in [4.69, 9.17) is 24.0 Å². The van der Waals surface area contributed by atoms with Gasteiger partial charge in [-0.05, 0) is 87.9 Å². The Balaban J connectivity index is 1.29. The number of nitrogens with one attached hydrogen (secondary N) is 2. The zero-order valence-electron chi connectivity index (χ0n) is 40.6. The number of hydrogen-bond acceptors (Lipinski definition) is 13. The van der Waals surface area contributed by atoms with Crippen molar-refractivity contribution in [3.05, 3.63) is 76.5 Å². The second-order valence-corrected chi connectivity index (χ2v) is 19.8. The number of aliphatic hydroxyl groups excluding tert-OH is 1. The fourth-order valence-electron chi connectivity index (χ4n) is 9.54. The van der Waals surface area contributed by atoms with E-state index in [0.717, 1.165) is 82.9 Å². The number of rotatable bonds is 15. The van der Waals surface area contributed by atoms with Crippen LogP contribution in [0.1, 0.15) is 91.2 Å². The third kappa shape index (κ3) is 11.7. The smallest absolute Gasteiger partial charge is 0.408 e. The van der Waals surface area contributed by atoms with Crippen LogP contribution in [0.2, 0.25) is 0 Å². The van der Waals surface area contributed by atoms with E-state index in [9.17, 15) is 24.4 Å². The number of alkyl carbamates (subject to hydrolysis) is 1. The van der Waals surface area contributed by atoms with Crippen LogP contribution in [-0.4, -0.2) is 131 Å². The SMILES string of the molecule is CCn1c(-c2cc(N3CCN4CCOC[C@@H]4C3)cnc2[C@H](C)O)c(CC(C)(C)COC(C)=O)c2cc(-c3cccc(C[C@H](NC(=O)OC(C)(C)C)C(=O)N4CCC[C@@H]([N+](=O)OC)N4)c3)ccc21. The van der Waals surface area contributed by atoms with Crippen LogP contribution in [0.3, 0.4) is 0 Å². The van der Waals surface area contributed by atoms with Crippen LogP contribution >= 0.6 is 0 Å². The van der Waals surface area contributed by atoms with Crippen LogP contribution in [0.25, 0.3) is 33.3 Å². The molecular weight excluding hydrogens is 857 g/mol. The maximum atomic E-state index is 14.2. The first kappa shape index (κ1) is 49.3. The molecule has 3 aliphatic heterocycles. The maximum absolute atomic E-state index is 14.2. The summed E-state index contributed by atoms with van der Waals surface area (Å²) in [5, 5.41) is 16.5. The van der Waals surface area contributed by atoms with Crippen molar-refractivity contribution < 1.29 is 43.5 Å². The second kappa shape index (κ2) is 20.7. The Morgan fingerprint density at radius 3 is 2.54 bits per heavy atom. The lowest BCUT2D eigenvalue weighted by Crippen LogP contribution is -2.60. The van der Waals surface area contributed by atoms with Crippen molar-refractivity contribution in [2.75, 3.05) is 64.6 Å². The van der Waals surface area contributed by atoms with E-state index in [1.807, 2.05) is 30.5 Å². The van der Waals surface area contributed by atoms with Gasteiger partial charge in [0.15, 0.2) is 7.11 Å². The lowest BCUT2D eigenvalue weighted by atomic mass is 9.84. The van der Waals surface area contributed by atoms with Crippen LogP contribution in [0, 0.1) is 10.3 Å². The lowest BCUT2D eigenvalue weighted by molar-refractivity contribution is -0.826. The number of aliphatic hydroxyl groups is 1. The van der Waals surface area contributed by atoms with Gasteiger partial charge < -0.3 is 34.1 Å². The molecule has 4 atom stereocenters. The average Bonchev–Trinajstić information content (AvgIpc) is 3.60. The van der Waals surface area contributed by atoms with Gasteiger partial charge in [0.2, 0.25) is 4.92 Å². The number of hydrogen-bond donors (Lipinski definition) is 3. The van der Waals surface area contributed by atoms with E-state index in [2.05, 4.69) is 70.1 Å². The first-order valence-corrected chi connectivity index (χ1v) is 23.5. The van der Waals surface area contributed by atoms with E-state index in [1.165, 1.54) is 19.0 Å². The number of nitrogens with zero attached hydrogens (tertiary/aromatic N) is 6. The molecule has 4 aromatic rings. The molecule has 3 fully saturated rings. The first-order chi connectivity index (χ1) is 31.8. The number of pyridine rings is 1. The summed E-state index contributed by atoms with van der Waals surface area (Å²) >= 11 is 0. The van der Waals surface area contributed by atoms with E-state index >= 15 is 0 Å². The Labute approximate surface area is 393 Å². The van der Waals surface area contributed by atoms with Gasteiger partial charge in [-0.1, -0.05) is 44.2 Å². The number of morpholine rings is 1. The zero-order valence-corrected chi connectivity index (χ0v) is 40.6. The molecule has 17 nitrogen and oxygen atoms in total. The predicted octanol–water partition coefficient (Wildman–Crippen LogP) is 6.33. The molecule has 17 heteroatoms. The molecule has 3 aliphatic rings. The molecule has 0 aliphatic carbocycles. The van der Waals surface area contributed by atoms with Gasteiger partial charge in [-0.3, -0.25) is 24.5 Å². The summed E-state index contributed by atoms with van der Waals surface area (Å²) in [6, 6.07) is 15.7. The van der Waals surface area contributed by atoms with Gasteiger partial charge in [0, 0.05) is 80.9 Å². The number of anilines is 1. The fraction of sp³-hybridized carbons (Fsp3) is 0.560. The van der Waals surface area contributed by atoms with Crippen LogP contribution in [0.15, 0.2) is 54.7 Å². The van der Waals surface area contributed by atoms with E-state index in [0.29, 0.717) is 55.6 Å². The van der Waals surface area contributed by atoms with Crippen LogP contribution in [-0.2, 0) is 48.0 Å². The summed E-state index contributed by atoms with van der Waals surface area (Å²) in [4.78, 5) is 67.0. The van der Waals surface area contributed by atoms with Crippen molar-refractivity contribution in [1.29, 1.82) is 0 Å². The normalized spacial score (nSPS) is 19.1. The quantitative estimate of drug-likeness (QED) is 0.0891. The summed E-state index contributed by atoms with van der Waals surface area (Å²) < 4.78 is 19.4. The third-order valence-corrected chi connectivity index (χ3v) is 12.7. The number of amides is 2. The minimum Gasteiger partial charge on any atom is -0.465 e. The summed E-state index contributed by atoms with van der Waals surface area (Å²) in [6.07, 6.45) is 1.25. The molecule has 2 amide bonds. The average molecular weight is 926 g/mol. The Morgan fingerprint density at radius 2 is 1.82 bits per heavy atom. The topological polar surface area (TPSA) is 180 Å². The minimum absolute atomic E-state index is 0.141. The van der Waals surface area contributed by atoms with Gasteiger partial charge in [0.1, 0.15) is 11.6 Å². The number of carbonyl (C=O) groups is 3. The Kier molecular flexibility index (Phi) is 15.2. The number of piperazine rings is 1. The zero-order chi connectivity index (χ0) is 48.2. The molecule has 2 aromatic heterocycles. The highest BCUT2D eigenvalue weighted by molar-refractivity contribution is 5.96. The molecule has 0 saturated carbocycles. The molecular formula is C50H69N8O9+. The summed E-state index contributed by atoms with van der Waals surface area (Å²) in [7, 11) is 1.28. The molecule has 2 aromatic carbocycles. The van der Waals surface area contributed by atoms with Crippen LogP contribution in [0.5, 0.6) is 0 Å². The molecule has 0 radical (unpaired) electrons. The second-order valence-electron chi connectivity index (χ2n) is 19.8. The van der Waals surface area contributed by atoms with Crippen LogP contribution in [0.4, 0.5) is 10.5 Å². The number of carbonyl (C=O) groups excluding carboxylic acids is 3. The van der Waals surface area contributed by atoms with Gasteiger partial charge in [0.25, 0.3) is 5.91 Å². The third-order valence-electron chi connectivity index (χ3n) is 12.7. The fourth-order valence-corrected chi connectivity index (χ4v) is 9.54.